The van der Waals surface area contributed by atoms with E-state index < -0.39 is 0 Å². The van der Waals surface area contributed by atoms with Crippen LogP contribution in [0, 0.1) is 6.92 Å². The maximum Gasteiger partial charge on any atom is 0.271 e. The normalized spacial score (nSPS) is 16.9. The molecule has 0 radical (unpaired) electrons. The second-order valence-electron chi connectivity index (χ2n) is 8.03. The van der Waals surface area contributed by atoms with Crippen LogP contribution in [-0.4, -0.2) is 64.8 Å². The number of aromatic nitrogens is 3. The zero-order valence-corrected chi connectivity index (χ0v) is 19.1. The SMILES string of the molecule is Cc1ccc(Cl)cc1N1CCN(C(=O)c2cccn2-c2nnc(N3CCCC3)s2)CC1. The molecule has 2 saturated heterocycles. The largest absolute Gasteiger partial charge is 0.368 e. The Kier molecular flexibility index (Phi) is 5.58. The fraction of sp³-hybridized carbons (Fsp3) is 0.409. The summed E-state index contributed by atoms with van der Waals surface area (Å²) >= 11 is 7.74. The van der Waals surface area contributed by atoms with E-state index in [2.05, 4.69) is 26.9 Å². The summed E-state index contributed by atoms with van der Waals surface area (Å²) in [5.41, 5.74) is 2.98. The Balaban J connectivity index is 1.29. The molecule has 0 bridgehead atoms. The van der Waals surface area contributed by atoms with Crippen LogP contribution in [0.15, 0.2) is 36.5 Å². The molecule has 0 unspecified atom stereocenters. The number of benzene rings is 1. The van der Waals surface area contributed by atoms with E-state index in [9.17, 15) is 4.79 Å². The van der Waals surface area contributed by atoms with Crippen molar-refractivity contribution in [3.63, 3.8) is 0 Å². The number of aryl methyl sites for hydroxylation is 1. The van der Waals surface area contributed by atoms with Gasteiger partial charge in [0.2, 0.25) is 10.3 Å². The van der Waals surface area contributed by atoms with Crippen LogP contribution >= 0.6 is 22.9 Å². The van der Waals surface area contributed by atoms with E-state index in [4.69, 9.17) is 11.6 Å². The van der Waals surface area contributed by atoms with Gasteiger partial charge in [-0.25, -0.2) is 0 Å². The molecule has 3 aromatic rings. The summed E-state index contributed by atoms with van der Waals surface area (Å²) in [4.78, 5) is 19.8. The number of hydrogen-bond donors (Lipinski definition) is 0. The second kappa shape index (κ2) is 8.51. The molecule has 0 saturated carbocycles. The fourth-order valence-corrected chi connectivity index (χ4v) is 5.36. The van der Waals surface area contributed by atoms with Crippen molar-refractivity contribution in [1.82, 2.24) is 19.7 Å². The van der Waals surface area contributed by atoms with Crippen LogP contribution < -0.4 is 9.80 Å². The lowest BCUT2D eigenvalue weighted by Crippen LogP contribution is -2.49. The number of carbonyl (C=O) groups excluding carboxylic acids is 1. The van der Waals surface area contributed by atoms with Gasteiger partial charge in [-0.2, -0.15) is 0 Å². The Morgan fingerprint density at radius 2 is 1.71 bits per heavy atom. The average molecular weight is 457 g/mol. The summed E-state index contributed by atoms with van der Waals surface area (Å²) in [6.45, 7) is 7.06. The van der Waals surface area contributed by atoms with Gasteiger partial charge in [-0.05, 0) is 49.6 Å². The molecule has 0 spiro atoms. The standard InChI is InChI=1S/C22H25ClN6OS/c1-16-6-7-17(23)15-19(16)26-11-13-27(14-12-26)20(30)18-5-4-10-29(18)22-25-24-21(31-22)28-8-2-3-9-28/h4-7,10,15H,2-3,8-9,11-14H2,1H3. The van der Waals surface area contributed by atoms with Crippen molar-refractivity contribution >= 4 is 39.7 Å². The third kappa shape index (κ3) is 4.02. The monoisotopic (exact) mass is 456 g/mol. The molecule has 2 aromatic heterocycles. The summed E-state index contributed by atoms with van der Waals surface area (Å²) in [5, 5.41) is 11.1. The van der Waals surface area contributed by atoms with Gasteiger partial charge in [0.15, 0.2) is 0 Å². The number of piperazine rings is 1. The van der Waals surface area contributed by atoms with Gasteiger partial charge in [0, 0.05) is 56.2 Å². The average Bonchev–Trinajstić information content (AvgIpc) is 3.55. The van der Waals surface area contributed by atoms with Crippen LogP contribution in [0.5, 0.6) is 0 Å². The predicted molar refractivity (Wildman–Crippen MR) is 125 cm³/mol. The zero-order valence-electron chi connectivity index (χ0n) is 17.5. The summed E-state index contributed by atoms with van der Waals surface area (Å²) in [6.07, 6.45) is 4.29. The molecule has 1 amide bonds. The van der Waals surface area contributed by atoms with Gasteiger partial charge in [0.1, 0.15) is 5.69 Å². The molecule has 4 heterocycles. The van der Waals surface area contributed by atoms with E-state index in [1.54, 1.807) is 11.3 Å². The molecule has 162 valence electrons. The van der Waals surface area contributed by atoms with Gasteiger partial charge < -0.3 is 14.7 Å². The lowest BCUT2D eigenvalue weighted by atomic mass is 10.1. The highest BCUT2D eigenvalue weighted by Crippen LogP contribution is 2.28. The van der Waals surface area contributed by atoms with Crippen LogP contribution in [0.4, 0.5) is 10.8 Å². The summed E-state index contributed by atoms with van der Waals surface area (Å²) < 4.78 is 1.87. The molecule has 9 heteroatoms. The van der Waals surface area contributed by atoms with Crippen molar-refractivity contribution in [2.45, 2.75) is 19.8 Å². The molecule has 0 atom stereocenters. The number of carbonyl (C=O) groups is 1. The van der Waals surface area contributed by atoms with Crippen LogP contribution in [0.2, 0.25) is 5.02 Å². The van der Waals surface area contributed by atoms with E-state index in [0.717, 1.165) is 47.2 Å². The number of amides is 1. The highest BCUT2D eigenvalue weighted by atomic mass is 35.5. The van der Waals surface area contributed by atoms with E-state index in [1.807, 2.05) is 46.0 Å². The van der Waals surface area contributed by atoms with Crippen LogP contribution in [0.3, 0.4) is 0 Å². The van der Waals surface area contributed by atoms with Gasteiger partial charge in [0.25, 0.3) is 5.91 Å². The lowest BCUT2D eigenvalue weighted by molar-refractivity contribution is 0.0738. The third-order valence-corrected chi connectivity index (χ3v) is 7.25. The van der Waals surface area contributed by atoms with Crippen molar-refractivity contribution in [2.75, 3.05) is 49.1 Å². The molecule has 5 rings (SSSR count). The number of halogens is 1. The first kappa shape index (κ1) is 20.3. The van der Waals surface area contributed by atoms with Gasteiger partial charge in [-0.3, -0.25) is 9.36 Å². The van der Waals surface area contributed by atoms with Crippen molar-refractivity contribution in [1.29, 1.82) is 0 Å². The molecule has 31 heavy (non-hydrogen) atoms. The first-order chi connectivity index (χ1) is 15.1. The minimum atomic E-state index is 0.0328. The Bertz CT molecular complexity index is 1080. The molecular formula is C22H25ClN6OS. The van der Waals surface area contributed by atoms with Crippen LogP contribution in [-0.2, 0) is 0 Å². The molecule has 1 aromatic carbocycles. The maximum absolute atomic E-state index is 13.3. The Morgan fingerprint density at radius 1 is 0.968 bits per heavy atom. The highest BCUT2D eigenvalue weighted by Gasteiger charge is 2.26. The summed E-state index contributed by atoms with van der Waals surface area (Å²) in [5.74, 6) is 0.0328. The maximum atomic E-state index is 13.3. The molecule has 2 aliphatic heterocycles. The quantitative estimate of drug-likeness (QED) is 0.596. The van der Waals surface area contributed by atoms with Crippen molar-refractivity contribution in [3.8, 4) is 5.13 Å². The molecule has 0 N–H and O–H groups in total. The summed E-state index contributed by atoms with van der Waals surface area (Å²) in [7, 11) is 0. The van der Waals surface area contributed by atoms with Gasteiger partial charge >= 0.3 is 0 Å². The molecule has 7 nitrogen and oxygen atoms in total. The number of nitrogens with zero attached hydrogens (tertiary/aromatic N) is 6. The molecule has 2 fully saturated rings. The first-order valence-electron chi connectivity index (χ1n) is 10.7. The Labute approximate surface area is 190 Å². The van der Waals surface area contributed by atoms with E-state index >= 15 is 0 Å². The van der Waals surface area contributed by atoms with E-state index in [0.29, 0.717) is 18.8 Å². The molecule has 2 aliphatic rings. The number of rotatable bonds is 4. The van der Waals surface area contributed by atoms with Gasteiger partial charge in [-0.15, -0.1) is 10.2 Å². The third-order valence-electron chi connectivity index (χ3n) is 6.03. The van der Waals surface area contributed by atoms with E-state index in [-0.39, 0.29) is 5.91 Å². The fourth-order valence-electron chi connectivity index (χ4n) is 4.30. The van der Waals surface area contributed by atoms with Gasteiger partial charge in [0.05, 0.1) is 0 Å². The smallest absolute Gasteiger partial charge is 0.271 e. The predicted octanol–water partition coefficient (Wildman–Crippen LogP) is 3.85. The topological polar surface area (TPSA) is 57.5 Å². The first-order valence-corrected chi connectivity index (χ1v) is 11.9. The molecule has 0 aliphatic carbocycles. The minimum absolute atomic E-state index is 0.0328. The van der Waals surface area contributed by atoms with E-state index in [1.165, 1.54) is 18.4 Å². The Morgan fingerprint density at radius 3 is 2.48 bits per heavy atom. The number of anilines is 2. The minimum Gasteiger partial charge on any atom is -0.368 e. The van der Waals surface area contributed by atoms with Crippen LogP contribution in [0.1, 0.15) is 28.9 Å². The zero-order chi connectivity index (χ0) is 21.4. The summed E-state index contributed by atoms with van der Waals surface area (Å²) in [6, 6.07) is 9.73. The molecular weight excluding hydrogens is 432 g/mol. The van der Waals surface area contributed by atoms with Gasteiger partial charge in [-0.1, -0.05) is 29.0 Å². The highest BCUT2D eigenvalue weighted by molar-refractivity contribution is 7.17. The van der Waals surface area contributed by atoms with Crippen molar-refractivity contribution < 1.29 is 4.79 Å². The Hall–Kier alpha value is -2.58. The number of hydrogen-bond acceptors (Lipinski definition) is 6. The second-order valence-corrected chi connectivity index (χ2v) is 9.41. The lowest BCUT2D eigenvalue weighted by Gasteiger charge is -2.37. The van der Waals surface area contributed by atoms with Crippen molar-refractivity contribution in [3.05, 3.63) is 52.8 Å². The van der Waals surface area contributed by atoms with Crippen molar-refractivity contribution in [2.24, 2.45) is 0 Å². The van der Waals surface area contributed by atoms with Crippen LogP contribution in [0.25, 0.3) is 5.13 Å².